The van der Waals surface area contributed by atoms with Crippen molar-refractivity contribution in [1.29, 1.82) is 5.26 Å². The van der Waals surface area contributed by atoms with Crippen LogP contribution in [0.1, 0.15) is 18.2 Å². The minimum Gasteiger partial charge on any atom is -0.247 e. The second-order valence-electron chi connectivity index (χ2n) is 3.11. The Labute approximate surface area is 81.8 Å². The summed E-state index contributed by atoms with van der Waals surface area (Å²) in [5, 5.41) is 14.0. The predicted molar refractivity (Wildman–Crippen MR) is 52.7 cm³/mol. The van der Waals surface area contributed by atoms with Crippen molar-refractivity contribution in [2.75, 3.05) is 0 Å². The highest BCUT2D eigenvalue weighted by Crippen LogP contribution is 2.16. The van der Waals surface area contributed by atoms with Gasteiger partial charge in [0.2, 0.25) is 0 Å². The lowest BCUT2D eigenvalue weighted by Gasteiger charge is -1.95. The van der Waals surface area contributed by atoms with Gasteiger partial charge in [-0.2, -0.15) is 10.4 Å². The topological polar surface area (TPSA) is 54.5 Å². The zero-order valence-electron chi connectivity index (χ0n) is 8.15. The molecule has 4 nitrogen and oxygen atoms in total. The molecule has 0 aliphatic carbocycles. The molecule has 0 saturated heterocycles. The summed E-state index contributed by atoms with van der Waals surface area (Å²) in [4.78, 5) is 4.22. The van der Waals surface area contributed by atoms with Gasteiger partial charge in [-0.25, -0.2) is 9.67 Å². The smallest absolute Gasteiger partial charge is 0.158 e. The molecule has 2 aromatic rings. The minimum atomic E-state index is 0.580. The molecule has 0 aromatic carbocycles. The summed E-state index contributed by atoms with van der Waals surface area (Å²) in [6.07, 6.45) is 1.58. The summed E-state index contributed by atoms with van der Waals surface area (Å²) in [6.45, 7) is 4.74. The van der Waals surface area contributed by atoms with Crippen molar-refractivity contribution in [1.82, 2.24) is 14.8 Å². The van der Waals surface area contributed by atoms with Crippen LogP contribution in [0.4, 0.5) is 0 Å². The Bertz CT molecular complexity index is 519. The third-order valence-electron chi connectivity index (χ3n) is 2.20. The Morgan fingerprint density at radius 2 is 2.36 bits per heavy atom. The van der Waals surface area contributed by atoms with Crippen molar-refractivity contribution in [3.8, 4) is 6.07 Å². The summed E-state index contributed by atoms with van der Waals surface area (Å²) in [5.41, 5.74) is 2.35. The first-order valence-electron chi connectivity index (χ1n) is 4.49. The maximum Gasteiger partial charge on any atom is 0.158 e. The van der Waals surface area contributed by atoms with E-state index in [1.807, 2.05) is 24.6 Å². The molecule has 0 atom stereocenters. The maximum atomic E-state index is 8.73. The molecule has 0 radical (unpaired) electrons. The third-order valence-corrected chi connectivity index (χ3v) is 2.20. The van der Waals surface area contributed by atoms with Gasteiger partial charge in [0.15, 0.2) is 5.65 Å². The van der Waals surface area contributed by atoms with Gasteiger partial charge in [0.05, 0.1) is 11.3 Å². The van der Waals surface area contributed by atoms with Crippen LogP contribution in [-0.2, 0) is 6.54 Å². The van der Waals surface area contributed by atoms with Crippen molar-refractivity contribution in [2.24, 2.45) is 0 Å². The Balaban J connectivity index is 2.78. The lowest BCUT2D eigenvalue weighted by atomic mass is 10.2. The molecular weight excluding hydrogens is 176 g/mol. The number of nitriles is 1. The molecule has 2 heterocycles. The standard InChI is InChI=1S/C10H10N4/c1-3-14-10-9(7(2)13-14)4-8(5-11)6-12-10/h4,6H,3H2,1-2H3. The molecule has 0 aliphatic rings. The average Bonchev–Trinajstić information content (AvgIpc) is 2.55. The van der Waals surface area contributed by atoms with E-state index in [2.05, 4.69) is 16.2 Å². The molecule has 2 rings (SSSR count). The van der Waals surface area contributed by atoms with Gasteiger partial charge in [0, 0.05) is 18.1 Å². The van der Waals surface area contributed by atoms with Gasteiger partial charge in [-0.3, -0.25) is 0 Å². The molecule has 4 heteroatoms. The largest absolute Gasteiger partial charge is 0.247 e. The molecule has 70 valence electrons. The van der Waals surface area contributed by atoms with Crippen molar-refractivity contribution in [2.45, 2.75) is 20.4 Å². The van der Waals surface area contributed by atoms with Crippen LogP contribution < -0.4 is 0 Å². The third kappa shape index (κ3) is 1.14. The van der Waals surface area contributed by atoms with Gasteiger partial charge in [0.25, 0.3) is 0 Å². The number of rotatable bonds is 1. The van der Waals surface area contributed by atoms with Gasteiger partial charge in [0.1, 0.15) is 6.07 Å². The van der Waals surface area contributed by atoms with E-state index >= 15 is 0 Å². The molecule has 0 bridgehead atoms. The molecule has 0 unspecified atom stereocenters. The highest BCUT2D eigenvalue weighted by molar-refractivity contribution is 5.79. The SMILES string of the molecule is CCn1nc(C)c2cc(C#N)cnc21. The van der Waals surface area contributed by atoms with E-state index in [1.165, 1.54) is 0 Å². The maximum absolute atomic E-state index is 8.73. The summed E-state index contributed by atoms with van der Waals surface area (Å²) < 4.78 is 1.84. The van der Waals surface area contributed by atoms with Gasteiger partial charge >= 0.3 is 0 Å². The van der Waals surface area contributed by atoms with E-state index in [0.717, 1.165) is 23.3 Å². The first kappa shape index (κ1) is 8.70. The van der Waals surface area contributed by atoms with E-state index < -0.39 is 0 Å². The van der Waals surface area contributed by atoms with Gasteiger partial charge in [-0.05, 0) is 19.9 Å². The summed E-state index contributed by atoms with van der Waals surface area (Å²) >= 11 is 0. The fraction of sp³-hybridized carbons (Fsp3) is 0.300. The van der Waals surface area contributed by atoms with Crippen LogP contribution in [-0.4, -0.2) is 14.8 Å². The number of hydrogen-bond donors (Lipinski definition) is 0. The Hall–Kier alpha value is -1.89. The van der Waals surface area contributed by atoms with E-state index in [9.17, 15) is 0 Å². The van der Waals surface area contributed by atoms with E-state index in [0.29, 0.717) is 5.56 Å². The van der Waals surface area contributed by atoms with Crippen LogP contribution in [0.5, 0.6) is 0 Å². The Kier molecular flexibility index (Phi) is 1.93. The van der Waals surface area contributed by atoms with Crippen LogP contribution in [0.2, 0.25) is 0 Å². The van der Waals surface area contributed by atoms with Gasteiger partial charge in [-0.15, -0.1) is 0 Å². The Morgan fingerprint density at radius 3 is 3.00 bits per heavy atom. The number of pyridine rings is 1. The monoisotopic (exact) mass is 186 g/mol. The van der Waals surface area contributed by atoms with E-state index in [1.54, 1.807) is 6.20 Å². The van der Waals surface area contributed by atoms with Crippen molar-refractivity contribution in [3.63, 3.8) is 0 Å². The number of hydrogen-bond acceptors (Lipinski definition) is 3. The van der Waals surface area contributed by atoms with Crippen LogP contribution >= 0.6 is 0 Å². The number of aromatic nitrogens is 3. The number of nitrogens with zero attached hydrogens (tertiary/aromatic N) is 4. The highest BCUT2D eigenvalue weighted by atomic mass is 15.3. The first-order valence-corrected chi connectivity index (χ1v) is 4.49. The zero-order chi connectivity index (χ0) is 10.1. The fourth-order valence-electron chi connectivity index (χ4n) is 1.49. The molecule has 0 spiro atoms. The summed E-state index contributed by atoms with van der Waals surface area (Å²) in [6, 6.07) is 3.90. The lowest BCUT2D eigenvalue weighted by Crippen LogP contribution is -1.97. The van der Waals surface area contributed by atoms with Crippen molar-refractivity contribution in [3.05, 3.63) is 23.5 Å². The van der Waals surface area contributed by atoms with Crippen molar-refractivity contribution < 1.29 is 0 Å². The molecule has 0 fully saturated rings. The van der Waals surface area contributed by atoms with Gasteiger partial charge < -0.3 is 0 Å². The molecule has 0 aliphatic heterocycles. The zero-order valence-corrected chi connectivity index (χ0v) is 8.15. The molecular formula is C10H10N4. The van der Waals surface area contributed by atoms with E-state index in [-0.39, 0.29) is 0 Å². The predicted octanol–water partition coefficient (Wildman–Crippen LogP) is 1.63. The number of fused-ring (bicyclic) bond motifs is 1. The second kappa shape index (κ2) is 3.11. The van der Waals surface area contributed by atoms with E-state index in [4.69, 9.17) is 5.26 Å². The van der Waals surface area contributed by atoms with Crippen LogP contribution in [0.3, 0.4) is 0 Å². The molecule has 0 N–H and O–H groups in total. The van der Waals surface area contributed by atoms with Gasteiger partial charge in [-0.1, -0.05) is 0 Å². The van der Waals surface area contributed by atoms with Crippen LogP contribution in [0.15, 0.2) is 12.3 Å². The second-order valence-corrected chi connectivity index (χ2v) is 3.11. The van der Waals surface area contributed by atoms with Crippen LogP contribution in [0, 0.1) is 18.3 Å². The lowest BCUT2D eigenvalue weighted by molar-refractivity contribution is 0.669. The molecule has 0 saturated carbocycles. The quantitative estimate of drug-likeness (QED) is 0.680. The van der Waals surface area contributed by atoms with Crippen LogP contribution in [0.25, 0.3) is 11.0 Å². The normalized spacial score (nSPS) is 10.4. The fourth-order valence-corrected chi connectivity index (χ4v) is 1.49. The molecule has 0 amide bonds. The highest BCUT2D eigenvalue weighted by Gasteiger charge is 2.07. The summed E-state index contributed by atoms with van der Waals surface area (Å²) in [5.74, 6) is 0. The summed E-state index contributed by atoms with van der Waals surface area (Å²) in [7, 11) is 0. The molecule has 14 heavy (non-hydrogen) atoms. The molecule has 2 aromatic heterocycles. The van der Waals surface area contributed by atoms with Crippen molar-refractivity contribution >= 4 is 11.0 Å². The number of aryl methyl sites for hydroxylation is 2. The minimum absolute atomic E-state index is 0.580. The Morgan fingerprint density at radius 1 is 1.57 bits per heavy atom. The average molecular weight is 186 g/mol. The first-order chi connectivity index (χ1) is 6.76.